The van der Waals surface area contributed by atoms with Crippen LogP contribution in [0.25, 0.3) is 0 Å². The van der Waals surface area contributed by atoms with Crippen molar-refractivity contribution in [1.82, 2.24) is 0 Å². The van der Waals surface area contributed by atoms with E-state index in [-0.39, 0.29) is 18.6 Å². The molecule has 3 unspecified atom stereocenters. The van der Waals surface area contributed by atoms with E-state index in [0.29, 0.717) is 21.5 Å². The molecule has 1 aromatic rings. The number of alkyl halides is 1. The van der Waals surface area contributed by atoms with Crippen molar-refractivity contribution < 1.29 is 10.2 Å². The van der Waals surface area contributed by atoms with Gasteiger partial charge < -0.3 is 10.2 Å². The summed E-state index contributed by atoms with van der Waals surface area (Å²) in [5, 5.41) is 20.4. The number of hydrogen-bond acceptors (Lipinski definition) is 3. The molecule has 2 N–H and O–H groups in total. The fourth-order valence-corrected chi connectivity index (χ4v) is 4.59. The van der Waals surface area contributed by atoms with Crippen molar-refractivity contribution in [2.75, 3.05) is 6.61 Å². The van der Waals surface area contributed by atoms with Gasteiger partial charge in [0.15, 0.2) is 0 Å². The predicted octanol–water partition coefficient (Wildman–Crippen LogP) is 6.01. The third-order valence-corrected chi connectivity index (χ3v) is 6.78. The first-order valence-corrected chi connectivity index (χ1v) is 11.3. The molecule has 1 aliphatic rings. The second-order valence-corrected chi connectivity index (χ2v) is 9.47. The first kappa shape index (κ1) is 21.7. The van der Waals surface area contributed by atoms with Gasteiger partial charge in [0.05, 0.1) is 12.6 Å². The maximum Gasteiger partial charge on any atom is 0.127 e. The molecule has 4 atom stereocenters. The van der Waals surface area contributed by atoms with Gasteiger partial charge in [-0.3, -0.25) is 4.99 Å². The molecule has 0 bridgehead atoms. The standard InChI is InChI=1S/C22H34INO2/c1-5-7-15-10-18(15)19-11-16(20(23)8-6-2)9-17(22(19)26)12-24-21(13-25)14(3)4/h9,11-12,14-15,18,20-21,25-26H,5-8,10,13H2,1-4H3/t15?,18?,20?,21-/m1/s1. The number of aliphatic hydroxyl groups is 1. The number of aliphatic imine (C=N–C) groups is 1. The van der Waals surface area contributed by atoms with Crippen LogP contribution in [0.3, 0.4) is 0 Å². The van der Waals surface area contributed by atoms with Crippen LogP contribution in [0.5, 0.6) is 5.75 Å². The van der Waals surface area contributed by atoms with E-state index >= 15 is 0 Å². The van der Waals surface area contributed by atoms with E-state index in [9.17, 15) is 10.2 Å². The zero-order chi connectivity index (χ0) is 19.3. The highest BCUT2D eigenvalue weighted by molar-refractivity contribution is 14.1. The van der Waals surface area contributed by atoms with Crippen LogP contribution in [0.4, 0.5) is 0 Å². The molecule has 4 heteroatoms. The minimum Gasteiger partial charge on any atom is -0.507 e. The Morgan fingerprint density at radius 2 is 2.00 bits per heavy atom. The summed E-state index contributed by atoms with van der Waals surface area (Å²) in [5.74, 6) is 1.87. The molecule has 0 amide bonds. The first-order chi connectivity index (χ1) is 12.4. The Balaban J connectivity index is 2.36. The number of phenolic OH excluding ortho intramolecular Hbond substituents is 1. The van der Waals surface area contributed by atoms with Crippen LogP contribution in [0.2, 0.25) is 0 Å². The van der Waals surface area contributed by atoms with Crippen LogP contribution >= 0.6 is 22.6 Å². The molecule has 0 spiro atoms. The highest BCUT2D eigenvalue weighted by Crippen LogP contribution is 2.53. The summed E-state index contributed by atoms with van der Waals surface area (Å²) in [7, 11) is 0. The molecule has 0 aliphatic heterocycles. The van der Waals surface area contributed by atoms with Crippen LogP contribution in [-0.4, -0.2) is 29.1 Å². The number of halogens is 1. The number of aliphatic hydroxyl groups excluding tert-OH is 1. The van der Waals surface area contributed by atoms with Crippen molar-refractivity contribution in [3.8, 4) is 5.75 Å². The molecule has 0 heterocycles. The fourth-order valence-electron chi connectivity index (χ4n) is 3.61. The van der Waals surface area contributed by atoms with Crippen LogP contribution in [-0.2, 0) is 0 Å². The van der Waals surface area contributed by atoms with E-state index in [4.69, 9.17) is 0 Å². The fraction of sp³-hybridized carbons (Fsp3) is 0.682. The third kappa shape index (κ3) is 5.44. The normalized spacial score (nSPS) is 22.1. The van der Waals surface area contributed by atoms with Gasteiger partial charge in [-0.15, -0.1) is 0 Å². The third-order valence-electron chi connectivity index (χ3n) is 5.44. The predicted molar refractivity (Wildman–Crippen MR) is 119 cm³/mol. The van der Waals surface area contributed by atoms with Gasteiger partial charge >= 0.3 is 0 Å². The Bertz CT molecular complexity index is 614. The van der Waals surface area contributed by atoms with Gasteiger partial charge in [-0.05, 0) is 47.8 Å². The highest BCUT2D eigenvalue weighted by atomic mass is 127. The quantitative estimate of drug-likeness (QED) is 0.250. The molecular formula is C22H34INO2. The Morgan fingerprint density at radius 3 is 2.58 bits per heavy atom. The largest absolute Gasteiger partial charge is 0.507 e. The maximum absolute atomic E-state index is 10.9. The van der Waals surface area contributed by atoms with Crippen molar-refractivity contribution >= 4 is 28.8 Å². The van der Waals surface area contributed by atoms with E-state index in [0.717, 1.165) is 24.0 Å². The van der Waals surface area contributed by atoms with Gasteiger partial charge in [-0.2, -0.15) is 0 Å². The Labute approximate surface area is 172 Å². The van der Waals surface area contributed by atoms with Crippen LogP contribution in [0.15, 0.2) is 17.1 Å². The summed E-state index contributed by atoms with van der Waals surface area (Å²) in [6.45, 7) is 8.59. The van der Waals surface area contributed by atoms with Gasteiger partial charge in [0.1, 0.15) is 5.75 Å². The number of benzene rings is 1. The molecule has 0 radical (unpaired) electrons. The Hall–Kier alpha value is -0.620. The summed E-state index contributed by atoms with van der Waals surface area (Å²) < 4.78 is 0.450. The zero-order valence-electron chi connectivity index (χ0n) is 16.6. The van der Waals surface area contributed by atoms with Gasteiger partial charge in [0, 0.05) is 15.7 Å². The van der Waals surface area contributed by atoms with E-state index in [1.165, 1.54) is 24.8 Å². The summed E-state index contributed by atoms with van der Waals surface area (Å²) in [6.07, 6.45) is 7.68. The lowest BCUT2D eigenvalue weighted by atomic mass is 9.96. The molecule has 1 saturated carbocycles. The average Bonchev–Trinajstić information content (AvgIpc) is 3.36. The molecule has 1 aliphatic carbocycles. The number of aromatic hydroxyl groups is 1. The second-order valence-electron chi connectivity index (χ2n) is 7.97. The number of phenols is 1. The van der Waals surface area contributed by atoms with Crippen molar-refractivity contribution in [3.05, 3.63) is 28.8 Å². The van der Waals surface area contributed by atoms with Crippen LogP contribution < -0.4 is 0 Å². The monoisotopic (exact) mass is 471 g/mol. The second kappa shape index (κ2) is 10.1. The Morgan fingerprint density at radius 1 is 1.27 bits per heavy atom. The summed E-state index contributed by atoms with van der Waals surface area (Å²) in [5.41, 5.74) is 3.19. The van der Waals surface area contributed by atoms with Gasteiger partial charge in [-0.25, -0.2) is 0 Å². The van der Waals surface area contributed by atoms with Crippen LogP contribution in [0, 0.1) is 11.8 Å². The molecule has 0 saturated heterocycles. The van der Waals surface area contributed by atoms with E-state index in [2.05, 4.69) is 67.4 Å². The minimum absolute atomic E-state index is 0.0351. The molecule has 3 nitrogen and oxygen atoms in total. The molecule has 1 aromatic carbocycles. The molecule has 1 fully saturated rings. The molecule has 146 valence electrons. The molecule has 26 heavy (non-hydrogen) atoms. The van der Waals surface area contributed by atoms with E-state index < -0.39 is 0 Å². The van der Waals surface area contributed by atoms with Gasteiger partial charge in [-0.1, -0.05) is 75.6 Å². The number of nitrogens with zero attached hydrogens (tertiary/aromatic N) is 1. The van der Waals surface area contributed by atoms with E-state index in [1.807, 2.05) is 0 Å². The topological polar surface area (TPSA) is 52.8 Å². The van der Waals surface area contributed by atoms with Gasteiger partial charge in [0.25, 0.3) is 0 Å². The van der Waals surface area contributed by atoms with Crippen molar-refractivity contribution in [3.63, 3.8) is 0 Å². The lowest BCUT2D eigenvalue weighted by molar-refractivity contribution is 0.240. The minimum atomic E-state index is -0.124. The van der Waals surface area contributed by atoms with Crippen LogP contribution in [0.1, 0.15) is 86.3 Å². The maximum atomic E-state index is 10.9. The lowest BCUT2D eigenvalue weighted by Crippen LogP contribution is -2.17. The first-order valence-electron chi connectivity index (χ1n) is 10.1. The molecule has 0 aromatic heterocycles. The van der Waals surface area contributed by atoms with E-state index in [1.54, 1.807) is 6.21 Å². The lowest BCUT2D eigenvalue weighted by Gasteiger charge is -2.16. The highest BCUT2D eigenvalue weighted by Gasteiger charge is 2.39. The van der Waals surface area contributed by atoms with Crippen molar-refractivity contribution in [2.45, 2.75) is 75.7 Å². The Kier molecular flexibility index (Phi) is 8.40. The van der Waals surface area contributed by atoms with Gasteiger partial charge in [0.2, 0.25) is 0 Å². The summed E-state index contributed by atoms with van der Waals surface area (Å²) in [4.78, 5) is 4.56. The molecular weight excluding hydrogens is 437 g/mol. The van der Waals surface area contributed by atoms with Crippen molar-refractivity contribution in [1.29, 1.82) is 0 Å². The smallest absolute Gasteiger partial charge is 0.127 e. The van der Waals surface area contributed by atoms with Crippen molar-refractivity contribution in [2.24, 2.45) is 16.8 Å². The zero-order valence-corrected chi connectivity index (χ0v) is 18.7. The SMILES string of the molecule is CCCC(I)c1cc(C=N[C@H](CO)C(C)C)c(O)c(C2CC2CCC)c1. The number of rotatable bonds is 10. The molecule has 2 rings (SSSR count). The average molecular weight is 471 g/mol. The summed E-state index contributed by atoms with van der Waals surface area (Å²) in [6, 6.07) is 4.19. The number of hydrogen-bond donors (Lipinski definition) is 2. The summed E-state index contributed by atoms with van der Waals surface area (Å²) >= 11 is 2.51.